The number of aliphatic hydroxyl groups is 2. The maximum absolute atomic E-state index is 13.2. The molecule has 0 aliphatic carbocycles. The third-order valence-electron chi connectivity index (χ3n) is 10.4. The van der Waals surface area contributed by atoms with Gasteiger partial charge in [0.25, 0.3) is 0 Å². The summed E-state index contributed by atoms with van der Waals surface area (Å²) in [6.07, 6.45) is 64.5. The van der Waals surface area contributed by atoms with Crippen molar-refractivity contribution in [1.82, 2.24) is 5.32 Å². The zero-order valence-corrected chi connectivity index (χ0v) is 39.2. The zero-order chi connectivity index (χ0) is 44.5. The molecule has 0 aliphatic rings. The minimum atomic E-state index is -0.815. The van der Waals surface area contributed by atoms with E-state index in [0.29, 0.717) is 19.3 Å². The first kappa shape index (κ1) is 57.5. The Labute approximate surface area is 375 Å². The van der Waals surface area contributed by atoms with Crippen molar-refractivity contribution in [1.29, 1.82) is 0 Å². The molecule has 6 nitrogen and oxygen atoms in total. The fourth-order valence-electron chi connectivity index (χ4n) is 6.75. The molecular formula is C55H91NO5. The van der Waals surface area contributed by atoms with Crippen LogP contribution in [0.4, 0.5) is 0 Å². The van der Waals surface area contributed by atoms with E-state index in [4.69, 9.17) is 4.74 Å². The van der Waals surface area contributed by atoms with E-state index >= 15 is 0 Å². The summed E-state index contributed by atoms with van der Waals surface area (Å²) in [4.78, 5) is 26.0. The van der Waals surface area contributed by atoms with Gasteiger partial charge < -0.3 is 20.3 Å². The van der Waals surface area contributed by atoms with E-state index in [9.17, 15) is 19.8 Å². The third-order valence-corrected chi connectivity index (χ3v) is 10.4. The Morgan fingerprint density at radius 2 is 0.967 bits per heavy atom. The lowest BCUT2D eigenvalue weighted by atomic mass is 10.0. The molecule has 6 heteroatoms. The van der Waals surface area contributed by atoms with E-state index in [-0.39, 0.29) is 31.3 Å². The Hall–Kier alpha value is -3.48. The van der Waals surface area contributed by atoms with Gasteiger partial charge in [0.2, 0.25) is 5.91 Å². The van der Waals surface area contributed by atoms with Crippen molar-refractivity contribution in [3.63, 3.8) is 0 Å². The van der Waals surface area contributed by atoms with Crippen LogP contribution in [0.1, 0.15) is 201 Å². The summed E-state index contributed by atoms with van der Waals surface area (Å²) in [5.41, 5.74) is 0. The monoisotopic (exact) mass is 846 g/mol. The van der Waals surface area contributed by atoms with Crippen LogP contribution in [0.5, 0.6) is 0 Å². The number of esters is 1. The summed E-state index contributed by atoms with van der Waals surface area (Å²) >= 11 is 0. The van der Waals surface area contributed by atoms with Crippen molar-refractivity contribution in [3.8, 4) is 0 Å². The van der Waals surface area contributed by atoms with Crippen molar-refractivity contribution < 1.29 is 24.5 Å². The van der Waals surface area contributed by atoms with Crippen LogP contribution in [0.25, 0.3) is 0 Å². The molecule has 3 unspecified atom stereocenters. The number of unbranched alkanes of at least 4 members (excludes halogenated alkanes) is 14. The fourth-order valence-corrected chi connectivity index (χ4v) is 6.75. The average molecular weight is 846 g/mol. The molecule has 0 saturated heterocycles. The number of aliphatic hydroxyl groups excluding tert-OH is 2. The summed E-state index contributed by atoms with van der Waals surface area (Å²) in [5.74, 6) is -0.621. The van der Waals surface area contributed by atoms with Gasteiger partial charge in [-0.05, 0) is 83.5 Å². The molecule has 61 heavy (non-hydrogen) atoms. The quantitative estimate of drug-likeness (QED) is 0.0246. The Morgan fingerprint density at radius 3 is 1.49 bits per heavy atom. The first-order valence-electron chi connectivity index (χ1n) is 24.6. The van der Waals surface area contributed by atoms with E-state index in [1.165, 1.54) is 57.8 Å². The highest BCUT2D eigenvalue weighted by Gasteiger charge is 2.24. The van der Waals surface area contributed by atoms with Gasteiger partial charge >= 0.3 is 5.97 Å². The highest BCUT2D eigenvalue weighted by molar-refractivity contribution is 5.77. The molecule has 0 fully saturated rings. The van der Waals surface area contributed by atoms with Gasteiger partial charge in [-0.25, -0.2) is 0 Å². The van der Waals surface area contributed by atoms with E-state index in [0.717, 1.165) is 89.9 Å². The van der Waals surface area contributed by atoms with Crippen LogP contribution in [0.2, 0.25) is 0 Å². The van der Waals surface area contributed by atoms with Crippen LogP contribution in [0.15, 0.2) is 109 Å². The van der Waals surface area contributed by atoms with Gasteiger partial charge in [0.1, 0.15) is 6.10 Å². The Balaban J connectivity index is 4.72. The van der Waals surface area contributed by atoms with Crippen LogP contribution in [0, 0.1) is 0 Å². The van der Waals surface area contributed by atoms with Gasteiger partial charge in [-0.2, -0.15) is 0 Å². The molecule has 0 aromatic carbocycles. The molecule has 0 bridgehead atoms. The molecule has 0 aliphatic heterocycles. The van der Waals surface area contributed by atoms with Crippen LogP contribution in [0.3, 0.4) is 0 Å². The van der Waals surface area contributed by atoms with E-state index in [2.05, 4.69) is 117 Å². The SMILES string of the molecule is CC/C=C\C/C=C\C/C=C\C/C=C\C/C=C\C/C=C\CCC(=O)OC(CCCCC\C=C/C=C/C=C/CC)CC(=O)NC(CO)C(O)CCCCCCCCCCCCCC. The molecule has 0 aromatic rings. The molecule has 0 saturated carbocycles. The molecule has 3 atom stereocenters. The van der Waals surface area contributed by atoms with Gasteiger partial charge in [0.05, 0.1) is 25.2 Å². The number of nitrogens with one attached hydrogen (secondary N) is 1. The van der Waals surface area contributed by atoms with Crippen LogP contribution >= 0.6 is 0 Å². The first-order valence-corrected chi connectivity index (χ1v) is 24.6. The Morgan fingerprint density at radius 1 is 0.508 bits per heavy atom. The second-order valence-electron chi connectivity index (χ2n) is 16.2. The van der Waals surface area contributed by atoms with Crippen molar-refractivity contribution in [2.75, 3.05) is 6.61 Å². The summed E-state index contributed by atoms with van der Waals surface area (Å²) in [5, 5.41) is 23.7. The number of amides is 1. The van der Waals surface area contributed by atoms with Crippen LogP contribution in [-0.4, -0.2) is 46.9 Å². The van der Waals surface area contributed by atoms with Gasteiger partial charge in [0.15, 0.2) is 0 Å². The molecule has 3 N–H and O–H groups in total. The van der Waals surface area contributed by atoms with Crippen LogP contribution in [-0.2, 0) is 14.3 Å². The van der Waals surface area contributed by atoms with Gasteiger partial charge in [-0.3, -0.25) is 9.59 Å². The van der Waals surface area contributed by atoms with E-state index in [1.807, 2.05) is 18.2 Å². The lowest BCUT2D eigenvalue weighted by molar-refractivity contribution is -0.150. The summed E-state index contributed by atoms with van der Waals surface area (Å²) < 4.78 is 5.85. The summed E-state index contributed by atoms with van der Waals surface area (Å²) in [7, 11) is 0. The molecule has 346 valence electrons. The molecule has 0 aromatic heterocycles. The van der Waals surface area contributed by atoms with Crippen molar-refractivity contribution in [2.24, 2.45) is 0 Å². The lowest BCUT2D eigenvalue weighted by Gasteiger charge is -2.24. The fraction of sp³-hybridized carbons (Fsp3) is 0.636. The van der Waals surface area contributed by atoms with Crippen molar-refractivity contribution >= 4 is 11.9 Å². The highest BCUT2D eigenvalue weighted by Crippen LogP contribution is 2.16. The molecular weight excluding hydrogens is 755 g/mol. The number of hydrogen-bond donors (Lipinski definition) is 3. The average Bonchev–Trinajstić information content (AvgIpc) is 3.25. The molecule has 0 spiro atoms. The van der Waals surface area contributed by atoms with Gasteiger partial charge in [-0.15, -0.1) is 0 Å². The van der Waals surface area contributed by atoms with Crippen LogP contribution < -0.4 is 5.32 Å². The largest absolute Gasteiger partial charge is 0.462 e. The number of rotatable bonds is 42. The van der Waals surface area contributed by atoms with Crippen molar-refractivity contribution in [2.45, 2.75) is 219 Å². The molecule has 1 amide bonds. The summed E-state index contributed by atoms with van der Waals surface area (Å²) in [6.45, 7) is 6.18. The zero-order valence-electron chi connectivity index (χ0n) is 39.2. The number of allylic oxidation sites excluding steroid dienone is 18. The minimum absolute atomic E-state index is 0.0173. The maximum Gasteiger partial charge on any atom is 0.306 e. The second-order valence-corrected chi connectivity index (χ2v) is 16.2. The first-order chi connectivity index (χ1) is 30.0. The van der Waals surface area contributed by atoms with E-state index in [1.54, 1.807) is 0 Å². The van der Waals surface area contributed by atoms with E-state index < -0.39 is 18.2 Å². The van der Waals surface area contributed by atoms with Gasteiger partial charge in [0, 0.05) is 6.42 Å². The van der Waals surface area contributed by atoms with Gasteiger partial charge in [-0.1, -0.05) is 214 Å². The topological polar surface area (TPSA) is 95.9 Å². The predicted octanol–water partition coefficient (Wildman–Crippen LogP) is 14.7. The predicted molar refractivity (Wildman–Crippen MR) is 263 cm³/mol. The summed E-state index contributed by atoms with van der Waals surface area (Å²) in [6, 6.07) is -0.733. The number of hydrogen-bond acceptors (Lipinski definition) is 5. The van der Waals surface area contributed by atoms with Crippen molar-refractivity contribution in [3.05, 3.63) is 109 Å². The smallest absolute Gasteiger partial charge is 0.306 e. The Bertz CT molecular complexity index is 1270. The maximum atomic E-state index is 13.2. The Kier molecular flexibility index (Phi) is 44.9. The highest BCUT2D eigenvalue weighted by atomic mass is 16.5. The normalized spacial score (nSPS) is 14.2. The number of ether oxygens (including phenoxy) is 1. The molecule has 0 heterocycles. The third kappa shape index (κ3) is 43.0. The number of carbonyl (C=O) groups is 2. The lowest BCUT2D eigenvalue weighted by Crippen LogP contribution is -2.46. The molecule has 0 rings (SSSR count). The number of carbonyl (C=O) groups excluding carboxylic acids is 2. The minimum Gasteiger partial charge on any atom is -0.462 e. The molecule has 0 radical (unpaired) electrons. The standard InChI is InChI=1S/C55H91NO5/c1-4-7-10-13-16-19-22-24-25-26-27-28-29-30-33-36-39-42-45-48-55(60)61-51(46-43-40-37-34-31-21-18-15-12-9-6-3)49-54(59)56-52(50-57)53(58)47-44-41-38-35-32-23-20-17-14-11-8-5-2/h7,9-10,12,15-16,18-19,21,24-25,27-28,30-31,33,39,42,51-53,57-58H,4-6,8,11,13-14,17,20,22-23,26,29,32,34-38,40-41,43-50H2,1-3H3,(H,56,59)/b10-7-,12-9+,18-15+,19-16-,25-24-,28-27-,31-21-,33-30-,42-39-. The second kappa shape index (κ2) is 47.6.